The van der Waals surface area contributed by atoms with Gasteiger partial charge < -0.3 is 10.1 Å². The van der Waals surface area contributed by atoms with Crippen LogP contribution in [0.4, 0.5) is 0 Å². The summed E-state index contributed by atoms with van der Waals surface area (Å²) in [4.78, 5) is 12.4. The third-order valence-corrected chi connectivity index (χ3v) is 8.36. The van der Waals surface area contributed by atoms with Crippen LogP contribution >= 0.6 is 11.3 Å². The molecule has 1 aromatic carbocycles. The van der Waals surface area contributed by atoms with Crippen molar-refractivity contribution in [3.8, 4) is 5.75 Å². The van der Waals surface area contributed by atoms with Crippen LogP contribution in [0.3, 0.4) is 0 Å². The number of aryl methyl sites for hydroxylation is 1. The summed E-state index contributed by atoms with van der Waals surface area (Å²) < 4.78 is 32.4. The van der Waals surface area contributed by atoms with Gasteiger partial charge in [0.05, 0.1) is 6.61 Å². The summed E-state index contributed by atoms with van der Waals surface area (Å²) in [6.45, 7) is 4.03. The lowest BCUT2D eigenvalue weighted by molar-refractivity contribution is -0.126. The molecule has 0 radical (unpaired) electrons. The van der Waals surface area contributed by atoms with E-state index in [4.69, 9.17) is 4.74 Å². The largest absolute Gasteiger partial charge is 0.494 e. The van der Waals surface area contributed by atoms with Crippen LogP contribution in [0.5, 0.6) is 5.75 Å². The maximum Gasteiger partial charge on any atom is 0.252 e. The second kappa shape index (κ2) is 10.2. The Labute approximate surface area is 176 Å². The van der Waals surface area contributed by atoms with Crippen LogP contribution in [-0.4, -0.2) is 44.9 Å². The van der Waals surface area contributed by atoms with Crippen molar-refractivity contribution >= 4 is 27.3 Å². The number of carbonyl (C=O) groups excluding carboxylic acids is 1. The van der Waals surface area contributed by atoms with Gasteiger partial charge in [0.2, 0.25) is 5.91 Å². The fraction of sp³-hybridized carbons (Fsp3) is 0.476. The highest BCUT2D eigenvalue weighted by Crippen LogP contribution is 2.26. The Balaban J connectivity index is 1.38. The maximum atomic E-state index is 12.6. The fourth-order valence-electron chi connectivity index (χ4n) is 3.46. The monoisotopic (exact) mass is 436 g/mol. The Bertz CT molecular complexity index is 872. The number of rotatable bonds is 9. The molecule has 1 aliphatic heterocycles. The topological polar surface area (TPSA) is 75.7 Å². The Morgan fingerprint density at radius 3 is 2.55 bits per heavy atom. The minimum atomic E-state index is -3.42. The Morgan fingerprint density at radius 2 is 1.93 bits per heavy atom. The second-order valence-corrected chi connectivity index (χ2v) is 10.2. The number of carbonyl (C=O) groups is 1. The number of hydrogen-bond acceptors (Lipinski definition) is 5. The molecule has 158 valence electrons. The summed E-state index contributed by atoms with van der Waals surface area (Å²) in [6, 6.07) is 11.4. The zero-order valence-corrected chi connectivity index (χ0v) is 18.3. The van der Waals surface area contributed by atoms with Crippen LogP contribution in [0.1, 0.15) is 31.7 Å². The number of sulfonamides is 1. The predicted molar refractivity (Wildman–Crippen MR) is 115 cm³/mol. The molecule has 2 aromatic rings. The van der Waals surface area contributed by atoms with Gasteiger partial charge in [-0.1, -0.05) is 18.2 Å². The van der Waals surface area contributed by atoms with Crippen molar-refractivity contribution in [3.05, 3.63) is 47.3 Å². The molecule has 2 heterocycles. The zero-order valence-electron chi connectivity index (χ0n) is 16.7. The number of ether oxygens (including phenoxy) is 1. The number of piperidine rings is 1. The molecule has 0 bridgehead atoms. The van der Waals surface area contributed by atoms with Crippen molar-refractivity contribution in [2.24, 2.45) is 5.92 Å². The minimum absolute atomic E-state index is 0.0323. The molecule has 6 nitrogen and oxygen atoms in total. The summed E-state index contributed by atoms with van der Waals surface area (Å²) in [7, 11) is -3.42. The molecule has 8 heteroatoms. The van der Waals surface area contributed by atoms with Gasteiger partial charge in [-0.05, 0) is 61.7 Å². The SMILES string of the molecule is CCOc1ccc(CCCNC(=O)C2CCN(S(=O)(=O)c3cccs3)CC2)cc1. The van der Waals surface area contributed by atoms with Gasteiger partial charge in [0.1, 0.15) is 9.96 Å². The third-order valence-electron chi connectivity index (χ3n) is 5.09. The van der Waals surface area contributed by atoms with Crippen LogP contribution in [0, 0.1) is 5.92 Å². The van der Waals surface area contributed by atoms with Crippen LogP contribution in [0.2, 0.25) is 0 Å². The average Bonchev–Trinajstić information content (AvgIpc) is 3.28. The summed E-state index contributed by atoms with van der Waals surface area (Å²) in [6.07, 6.45) is 2.89. The van der Waals surface area contributed by atoms with Crippen molar-refractivity contribution < 1.29 is 17.9 Å². The van der Waals surface area contributed by atoms with E-state index in [0.717, 1.165) is 18.6 Å². The molecule has 3 rings (SSSR count). The summed E-state index contributed by atoms with van der Waals surface area (Å²) >= 11 is 1.23. The molecule has 0 saturated carbocycles. The normalized spacial score (nSPS) is 15.9. The van der Waals surface area contributed by atoms with Gasteiger partial charge in [-0.2, -0.15) is 4.31 Å². The van der Waals surface area contributed by atoms with Crippen molar-refractivity contribution in [1.82, 2.24) is 9.62 Å². The van der Waals surface area contributed by atoms with E-state index in [9.17, 15) is 13.2 Å². The van der Waals surface area contributed by atoms with Crippen LogP contribution in [0.25, 0.3) is 0 Å². The highest BCUT2D eigenvalue weighted by molar-refractivity contribution is 7.91. The van der Waals surface area contributed by atoms with E-state index in [1.54, 1.807) is 17.5 Å². The van der Waals surface area contributed by atoms with Crippen LogP contribution in [0.15, 0.2) is 46.0 Å². The van der Waals surface area contributed by atoms with Crippen molar-refractivity contribution in [2.45, 2.75) is 36.8 Å². The highest BCUT2D eigenvalue weighted by Gasteiger charge is 2.32. The molecule has 0 unspecified atom stereocenters. The van der Waals surface area contributed by atoms with E-state index in [0.29, 0.717) is 43.3 Å². The fourth-order valence-corrected chi connectivity index (χ4v) is 6.08. The lowest BCUT2D eigenvalue weighted by Crippen LogP contribution is -2.43. The van der Waals surface area contributed by atoms with Crippen molar-refractivity contribution in [2.75, 3.05) is 26.2 Å². The van der Waals surface area contributed by atoms with Gasteiger partial charge >= 0.3 is 0 Å². The predicted octanol–water partition coefficient (Wildman–Crippen LogP) is 3.30. The van der Waals surface area contributed by atoms with Crippen LogP contribution in [-0.2, 0) is 21.2 Å². The molecule has 1 aliphatic rings. The number of amides is 1. The van der Waals surface area contributed by atoms with Gasteiger partial charge in [0, 0.05) is 25.6 Å². The van der Waals surface area contributed by atoms with E-state index in [1.807, 2.05) is 19.1 Å². The summed E-state index contributed by atoms with van der Waals surface area (Å²) in [5.41, 5.74) is 1.22. The lowest BCUT2D eigenvalue weighted by Gasteiger charge is -2.30. The molecule has 29 heavy (non-hydrogen) atoms. The van der Waals surface area contributed by atoms with E-state index < -0.39 is 10.0 Å². The molecular weight excluding hydrogens is 408 g/mol. The number of thiophene rings is 1. The molecule has 1 aromatic heterocycles. The van der Waals surface area contributed by atoms with Crippen LogP contribution < -0.4 is 10.1 Å². The molecule has 0 spiro atoms. The van der Waals surface area contributed by atoms with Gasteiger partial charge in [0.25, 0.3) is 10.0 Å². The molecule has 1 fully saturated rings. The summed E-state index contributed by atoms with van der Waals surface area (Å²) in [5.74, 6) is 0.789. The number of hydrogen-bond donors (Lipinski definition) is 1. The lowest BCUT2D eigenvalue weighted by atomic mass is 9.97. The molecule has 0 atom stereocenters. The third kappa shape index (κ3) is 5.81. The molecule has 1 amide bonds. The van der Waals surface area contributed by atoms with Crippen molar-refractivity contribution in [3.63, 3.8) is 0 Å². The molecule has 1 N–H and O–H groups in total. The number of benzene rings is 1. The van der Waals surface area contributed by atoms with E-state index in [1.165, 1.54) is 21.2 Å². The first kappa shape index (κ1) is 21.8. The first-order valence-electron chi connectivity index (χ1n) is 10.0. The first-order valence-corrected chi connectivity index (χ1v) is 12.4. The van der Waals surface area contributed by atoms with Gasteiger partial charge in [-0.15, -0.1) is 11.3 Å². The van der Waals surface area contributed by atoms with E-state index in [-0.39, 0.29) is 11.8 Å². The van der Waals surface area contributed by atoms with E-state index in [2.05, 4.69) is 17.4 Å². The maximum absolute atomic E-state index is 12.6. The smallest absolute Gasteiger partial charge is 0.252 e. The van der Waals surface area contributed by atoms with Gasteiger partial charge in [-0.25, -0.2) is 8.42 Å². The zero-order chi connectivity index (χ0) is 20.7. The Morgan fingerprint density at radius 1 is 1.21 bits per heavy atom. The quantitative estimate of drug-likeness (QED) is 0.612. The number of nitrogens with zero attached hydrogens (tertiary/aromatic N) is 1. The molecule has 1 saturated heterocycles. The van der Waals surface area contributed by atoms with Gasteiger partial charge in [-0.3, -0.25) is 4.79 Å². The van der Waals surface area contributed by atoms with Crippen molar-refractivity contribution in [1.29, 1.82) is 0 Å². The van der Waals surface area contributed by atoms with Gasteiger partial charge in [0.15, 0.2) is 0 Å². The molecular formula is C21H28N2O4S2. The number of nitrogens with one attached hydrogen (secondary N) is 1. The minimum Gasteiger partial charge on any atom is -0.494 e. The Kier molecular flexibility index (Phi) is 7.69. The first-order chi connectivity index (χ1) is 14.0. The standard InChI is InChI=1S/C21H28N2O4S2/c1-2-27-19-9-7-17(8-10-19)5-3-13-22-21(24)18-11-14-23(15-12-18)29(25,26)20-6-4-16-28-20/h4,6-10,16,18H,2-3,5,11-15H2,1H3,(H,22,24). The molecule has 0 aliphatic carbocycles. The average molecular weight is 437 g/mol. The Hall–Kier alpha value is -1.90. The summed E-state index contributed by atoms with van der Waals surface area (Å²) in [5, 5.41) is 4.77. The second-order valence-electron chi connectivity index (χ2n) is 7.08. The van der Waals surface area contributed by atoms with E-state index >= 15 is 0 Å². The highest BCUT2D eigenvalue weighted by atomic mass is 32.2.